The summed E-state index contributed by atoms with van der Waals surface area (Å²) in [7, 11) is 0. The van der Waals surface area contributed by atoms with Gasteiger partial charge in [0.25, 0.3) is 0 Å². The first kappa shape index (κ1) is 17.4. The number of aromatic amines is 1. The normalized spacial score (nSPS) is 14.6. The van der Waals surface area contributed by atoms with E-state index >= 15 is 0 Å². The van der Waals surface area contributed by atoms with Crippen LogP contribution in [0.25, 0.3) is 10.9 Å². The molecule has 1 aromatic heterocycles. The molecule has 0 aliphatic heterocycles. The standard InChI is InChI=1S/C14H14ClF3N2O3/c1-3-23-12(21)20-11-10(13(2,22)14(16,17)18)8-6-7(15)4-5-9(8)19-11/h4-6,19,22H,3H2,1-2H3,(H,20,21). The van der Waals surface area contributed by atoms with Gasteiger partial charge in [-0.15, -0.1) is 0 Å². The van der Waals surface area contributed by atoms with Gasteiger partial charge in [-0.1, -0.05) is 11.6 Å². The number of anilines is 1. The van der Waals surface area contributed by atoms with E-state index in [0.29, 0.717) is 6.92 Å². The van der Waals surface area contributed by atoms with Crippen LogP contribution in [0.5, 0.6) is 0 Å². The number of carbonyl (C=O) groups excluding carboxylic acids is 1. The molecule has 1 heterocycles. The van der Waals surface area contributed by atoms with Gasteiger partial charge in [0.1, 0.15) is 5.82 Å². The van der Waals surface area contributed by atoms with Gasteiger partial charge >= 0.3 is 12.3 Å². The van der Waals surface area contributed by atoms with Gasteiger partial charge in [-0.3, -0.25) is 5.32 Å². The number of ether oxygens (including phenoxy) is 1. The lowest BCUT2D eigenvalue weighted by atomic mass is 9.94. The Labute approximate surface area is 134 Å². The predicted molar refractivity (Wildman–Crippen MR) is 79.6 cm³/mol. The summed E-state index contributed by atoms with van der Waals surface area (Å²) >= 11 is 5.83. The zero-order valence-corrected chi connectivity index (χ0v) is 13.0. The van der Waals surface area contributed by atoms with E-state index in [2.05, 4.69) is 15.0 Å². The molecule has 9 heteroatoms. The molecule has 2 aromatic rings. The Kier molecular flexibility index (Phi) is 4.50. The third kappa shape index (κ3) is 3.23. The fourth-order valence-corrected chi connectivity index (χ4v) is 2.35. The lowest BCUT2D eigenvalue weighted by molar-refractivity contribution is -0.258. The lowest BCUT2D eigenvalue weighted by Gasteiger charge is -2.27. The number of halogens is 4. The number of hydrogen-bond donors (Lipinski definition) is 3. The molecule has 1 amide bonds. The molecule has 0 fully saturated rings. The Hall–Kier alpha value is -1.93. The van der Waals surface area contributed by atoms with E-state index in [4.69, 9.17) is 11.6 Å². The Morgan fingerprint density at radius 3 is 2.65 bits per heavy atom. The molecule has 0 radical (unpaired) electrons. The third-order valence-electron chi connectivity index (χ3n) is 3.30. The number of alkyl halides is 3. The van der Waals surface area contributed by atoms with Crippen LogP contribution in [0.1, 0.15) is 19.4 Å². The second-order valence-electron chi connectivity index (χ2n) is 4.98. The third-order valence-corrected chi connectivity index (χ3v) is 3.54. The SMILES string of the molecule is CCOC(=O)Nc1[nH]c2ccc(Cl)cc2c1C(C)(O)C(F)(F)F. The van der Waals surface area contributed by atoms with E-state index in [1.807, 2.05) is 0 Å². The summed E-state index contributed by atoms with van der Waals surface area (Å²) in [6.45, 7) is 2.20. The van der Waals surface area contributed by atoms with Crippen molar-refractivity contribution in [3.63, 3.8) is 0 Å². The minimum Gasteiger partial charge on any atom is -0.450 e. The molecule has 0 saturated heterocycles. The van der Waals surface area contributed by atoms with Crippen molar-refractivity contribution in [3.05, 3.63) is 28.8 Å². The van der Waals surface area contributed by atoms with Gasteiger partial charge in [0.05, 0.1) is 6.61 Å². The first-order chi connectivity index (χ1) is 10.6. The fourth-order valence-electron chi connectivity index (χ4n) is 2.17. The minimum absolute atomic E-state index is 0.0445. The molecule has 0 aliphatic carbocycles. The summed E-state index contributed by atoms with van der Waals surface area (Å²) in [5.41, 5.74) is -3.46. The fraction of sp³-hybridized carbons (Fsp3) is 0.357. The molecular formula is C14H14ClF3N2O3. The van der Waals surface area contributed by atoms with Gasteiger partial charge in [0, 0.05) is 21.5 Å². The smallest absolute Gasteiger partial charge is 0.421 e. The zero-order valence-electron chi connectivity index (χ0n) is 12.2. The van der Waals surface area contributed by atoms with Crippen LogP contribution in [-0.4, -0.2) is 29.0 Å². The molecule has 23 heavy (non-hydrogen) atoms. The number of nitrogens with one attached hydrogen (secondary N) is 2. The van der Waals surface area contributed by atoms with E-state index in [1.165, 1.54) is 18.2 Å². The van der Waals surface area contributed by atoms with Crippen molar-refractivity contribution < 1.29 is 27.8 Å². The Morgan fingerprint density at radius 1 is 1.43 bits per heavy atom. The van der Waals surface area contributed by atoms with E-state index in [9.17, 15) is 23.1 Å². The van der Waals surface area contributed by atoms with Crippen molar-refractivity contribution in [1.82, 2.24) is 4.98 Å². The van der Waals surface area contributed by atoms with Gasteiger partial charge in [0.15, 0.2) is 5.60 Å². The van der Waals surface area contributed by atoms with Gasteiger partial charge in [-0.2, -0.15) is 13.2 Å². The average Bonchev–Trinajstić information content (AvgIpc) is 2.74. The number of aliphatic hydroxyl groups is 1. The lowest BCUT2D eigenvalue weighted by Crippen LogP contribution is -2.39. The molecule has 0 bridgehead atoms. The second kappa shape index (κ2) is 5.93. The first-order valence-electron chi connectivity index (χ1n) is 6.62. The van der Waals surface area contributed by atoms with Gasteiger partial charge in [-0.05, 0) is 32.0 Å². The summed E-state index contributed by atoms with van der Waals surface area (Å²) < 4.78 is 44.4. The van der Waals surface area contributed by atoms with Crippen LogP contribution in [-0.2, 0) is 10.3 Å². The molecule has 2 rings (SSSR count). The molecule has 3 N–H and O–H groups in total. The molecule has 1 aromatic carbocycles. The van der Waals surface area contributed by atoms with Gasteiger partial charge in [0.2, 0.25) is 0 Å². The van der Waals surface area contributed by atoms with Crippen molar-refractivity contribution in [2.45, 2.75) is 25.6 Å². The highest BCUT2D eigenvalue weighted by Crippen LogP contribution is 2.45. The van der Waals surface area contributed by atoms with Crippen molar-refractivity contribution in [2.75, 3.05) is 11.9 Å². The maximum absolute atomic E-state index is 13.2. The summed E-state index contributed by atoms with van der Waals surface area (Å²) in [6.07, 6.45) is -5.90. The van der Waals surface area contributed by atoms with Gasteiger partial charge in [-0.25, -0.2) is 4.79 Å². The van der Waals surface area contributed by atoms with Crippen molar-refractivity contribution in [2.24, 2.45) is 0 Å². The van der Waals surface area contributed by atoms with E-state index in [-0.39, 0.29) is 28.4 Å². The number of aromatic nitrogens is 1. The molecule has 0 aliphatic rings. The van der Waals surface area contributed by atoms with Crippen molar-refractivity contribution in [3.8, 4) is 0 Å². The number of H-pyrrole nitrogens is 1. The maximum atomic E-state index is 13.2. The highest BCUT2D eigenvalue weighted by molar-refractivity contribution is 6.31. The van der Waals surface area contributed by atoms with Crippen LogP contribution >= 0.6 is 11.6 Å². The summed E-state index contributed by atoms with van der Waals surface area (Å²) in [6, 6.07) is 4.20. The average molecular weight is 351 g/mol. The monoisotopic (exact) mass is 350 g/mol. The quantitative estimate of drug-likeness (QED) is 0.778. The van der Waals surface area contributed by atoms with E-state index in [0.717, 1.165) is 0 Å². The van der Waals surface area contributed by atoms with Crippen LogP contribution in [0.2, 0.25) is 5.02 Å². The highest BCUT2D eigenvalue weighted by Gasteiger charge is 2.53. The number of rotatable bonds is 3. The van der Waals surface area contributed by atoms with Crippen LogP contribution < -0.4 is 5.32 Å². The van der Waals surface area contributed by atoms with E-state index in [1.54, 1.807) is 6.92 Å². The number of carbonyl (C=O) groups is 1. The molecule has 5 nitrogen and oxygen atoms in total. The molecule has 1 atom stereocenters. The number of benzene rings is 1. The first-order valence-corrected chi connectivity index (χ1v) is 7.00. The topological polar surface area (TPSA) is 74.3 Å². The van der Waals surface area contributed by atoms with E-state index < -0.39 is 23.4 Å². The molecule has 0 saturated carbocycles. The van der Waals surface area contributed by atoms with Crippen molar-refractivity contribution in [1.29, 1.82) is 0 Å². The summed E-state index contributed by atoms with van der Waals surface area (Å²) in [5, 5.41) is 12.5. The minimum atomic E-state index is -4.96. The van der Waals surface area contributed by atoms with Crippen LogP contribution in [0.15, 0.2) is 18.2 Å². The number of hydrogen-bond acceptors (Lipinski definition) is 3. The van der Waals surface area contributed by atoms with Crippen LogP contribution in [0.4, 0.5) is 23.8 Å². The van der Waals surface area contributed by atoms with Gasteiger partial charge < -0.3 is 14.8 Å². The second-order valence-corrected chi connectivity index (χ2v) is 5.42. The molecule has 0 spiro atoms. The Morgan fingerprint density at radius 2 is 2.09 bits per heavy atom. The molecular weight excluding hydrogens is 337 g/mol. The van der Waals surface area contributed by atoms with Crippen LogP contribution in [0.3, 0.4) is 0 Å². The largest absolute Gasteiger partial charge is 0.450 e. The van der Waals surface area contributed by atoms with Crippen LogP contribution in [0, 0.1) is 0 Å². The number of fused-ring (bicyclic) bond motifs is 1. The predicted octanol–water partition coefficient (Wildman–Crippen LogP) is 4.16. The Balaban J connectivity index is 2.67. The molecule has 126 valence electrons. The summed E-state index contributed by atoms with van der Waals surface area (Å²) in [4.78, 5) is 14.2. The summed E-state index contributed by atoms with van der Waals surface area (Å²) in [5.74, 6) is -0.303. The Bertz CT molecular complexity index is 741. The molecule has 1 unspecified atom stereocenters. The highest BCUT2D eigenvalue weighted by atomic mass is 35.5. The zero-order chi connectivity index (χ0) is 17.4. The van der Waals surface area contributed by atoms with Crippen molar-refractivity contribution >= 4 is 34.4 Å². The number of amides is 1. The maximum Gasteiger partial charge on any atom is 0.421 e.